The maximum absolute atomic E-state index is 12.9. The number of hydrogen-bond donors (Lipinski definition) is 2. The molecule has 0 bridgehead atoms. The number of benzene rings is 2. The van der Waals surface area contributed by atoms with Crippen molar-refractivity contribution in [1.82, 2.24) is 9.80 Å². The number of rotatable bonds is 9. The van der Waals surface area contributed by atoms with E-state index in [-0.39, 0.29) is 18.8 Å². The van der Waals surface area contributed by atoms with Gasteiger partial charge in [0.25, 0.3) is 0 Å². The van der Waals surface area contributed by atoms with Gasteiger partial charge in [-0.05, 0) is 37.0 Å². The number of nitrogens with one attached hydrogen (secondary N) is 1. The fourth-order valence-corrected chi connectivity index (χ4v) is 3.16. The Morgan fingerprint density at radius 3 is 2.48 bits per heavy atom. The van der Waals surface area contributed by atoms with Crippen molar-refractivity contribution >= 4 is 11.6 Å². The van der Waals surface area contributed by atoms with E-state index in [1.807, 2.05) is 0 Å². The van der Waals surface area contributed by atoms with Crippen LogP contribution in [-0.2, 0) is 4.79 Å². The average Bonchev–Trinajstić information content (AvgIpc) is 2.87. The monoisotopic (exact) mass is 438 g/mol. The van der Waals surface area contributed by atoms with Gasteiger partial charge in [-0.15, -0.1) is 0 Å². The van der Waals surface area contributed by atoms with Crippen molar-refractivity contribution in [1.29, 1.82) is 0 Å². The summed E-state index contributed by atoms with van der Waals surface area (Å²) in [5.41, 5.74) is -2.30. The number of methoxy groups -OCH3 is 1. The van der Waals surface area contributed by atoms with Crippen molar-refractivity contribution in [3.63, 3.8) is 0 Å². The van der Waals surface area contributed by atoms with Gasteiger partial charge in [0.15, 0.2) is 11.5 Å². The first kappa shape index (κ1) is 12.4. The lowest BCUT2D eigenvalue weighted by Crippen LogP contribution is -2.50. The molecule has 31 heavy (non-hydrogen) atoms. The second kappa shape index (κ2) is 11.1. The molecule has 1 heterocycles. The predicted octanol–water partition coefficient (Wildman–Crippen LogP) is 2.31. The Kier molecular flexibility index (Phi) is 4.47. The maximum atomic E-state index is 12.9. The van der Waals surface area contributed by atoms with Crippen molar-refractivity contribution in [2.75, 3.05) is 58.3 Å². The highest BCUT2D eigenvalue weighted by Gasteiger charge is 2.21. The number of β-amino-alcohol motifs (C(OH)–C–C–N with tert-alkyl or cyclic N) is 1. The molecule has 0 saturated carbocycles. The molecule has 1 aliphatic heterocycles. The van der Waals surface area contributed by atoms with Gasteiger partial charge in [-0.1, -0.05) is 30.3 Å². The third-order valence-electron chi connectivity index (χ3n) is 4.78. The third kappa shape index (κ3) is 6.69. The van der Waals surface area contributed by atoms with E-state index in [2.05, 4.69) is 5.32 Å². The van der Waals surface area contributed by atoms with Crippen molar-refractivity contribution in [3.05, 3.63) is 53.5 Å². The number of carbonyl (C=O) groups excluding carboxylic acids is 1. The molecule has 0 radical (unpaired) electrons. The number of ether oxygens (including phenoxy) is 2. The van der Waals surface area contributed by atoms with E-state index >= 15 is 0 Å². The minimum atomic E-state index is -3.03. The van der Waals surface area contributed by atoms with Crippen LogP contribution in [0.15, 0.2) is 42.4 Å². The number of para-hydroxylation sites is 3. The Balaban J connectivity index is 1.65. The number of piperazine rings is 1. The Hall–Kier alpha value is -2.61. The topological polar surface area (TPSA) is 74.3 Å². The zero-order chi connectivity index (χ0) is 31.6. The molecule has 0 aliphatic carbocycles. The molecule has 168 valence electrons. The van der Waals surface area contributed by atoms with Crippen LogP contribution in [0.25, 0.3) is 0 Å². The summed E-state index contributed by atoms with van der Waals surface area (Å²) in [6.07, 6.45) is -1.52. The molecule has 2 aromatic carbocycles. The van der Waals surface area contributed by atoms with Crippen molar-refractivity contribution in [3.8, 4) is 11.5 Å². The second-order valence-electron chi connectivity index (χ2n) is 7.01. The van der Waals surface area contributed by atoms with Crippen LogP contribution < -0.4 is 14.8 Å². The summed E-state index contributed by atoms with van der Waals surface area (Å²) in [5, 5.41) is 12.9. The zero-order valence-electron chi connectivity index (χ0n) is 28.2. The summed E-state index contributed by atoms with van der Waals surface area (Å²) in [6, 6.07) is 3.89. The summed E-state index contributed by atoms with van der Waals surface area (Å²) >= 11 is 0. The van der Waals surface area contributed by atoms with Crippen LogP contribution in [0.3, 0.4) is 0 Å². The summed E-state index contributed by atoms with van der Waals surface area (Å²) in [7, 11) is 1.42. The molecule has 1 saturated heterocycles. The van der Waals surface area contributed by atoms with E-state index in [9.17, 15) is 9.90 Å². The standard InChI is InChI=1S/C24H33N3O4/c1-18-7-6-8-19(2)24(18)25-23(29)16-27-13-11-26(12-14-27)15-20(28)17-31-22-10-5-4-9-21(22)30-3/h4-10,20,28H,11-17H2,1-3H3,(H,25,29)/i1D3,2D3,6D,7D,8D,17D2. The van der Waals surface area contributed by atoms with E-state index in [0.717, 1.165) is 0 Å². The van der Waals surface area contributed by atoms with Gasteiger partial charge in [-0.25, -0.2) is 0 Å². The predicted molar refractivity (Wildman–Crippen MR) is 122 cm³/mol. The summed E-state index contributed by atoms with van der Waals surface area (Å²) in [5.74, 6) is -0.320. The average molecular weight is 439 g/mol. The zero-order valence-corrected chi connectivity index (χ0v) is 17.2. The summed E-state index contributed by atoms with van der Waals surface area (Å²) in [6.45, 7) is -7.51. The van der Waals surface area contributed by atoms with Gasteiger partial charge in [0.1, 0.15) is 12.7 Å². The van der Waals surface area contributed by atoms with Crippen LogP contribution in [0.5, 0.6) is 11.5 Å². The number of nitrogens with zero attached hydrogens (tertiary/aromatic N) is 2. The number of amides is 1. The van der Waals surface area contributed by atoms with Crippen LogP contribution >= 0.6 is 0 Å². The molecular weight excluding hydrogens is 394 g/mol. The fraction of sp³-hybridized carbons (Fsp3) is 0.458. The molecular formula is C24H33N3O4. The fourth-order valence-electron chi connectivity index (χ4n) is 3.16. The Bertz CT molecular complexity index is 1240. The summed E-state index contributed by atoms with van der Waals surface area (Å²) < 4.78 is 97.6. The van der Waals surface area contributed by atoms with Gasteiger partial charge >= 0.3 is 0 Å². The molecule has 0 spiro atoms. The Labute approximate surface area is 200 Å². The maximum Gasteiger partial charge on any atom is 0.238 e. The minimum absolute atomic E-state index is 0.0654. The molecule has 2 aromatic rings. The first-order valence-electron chi connectivity index (χ1n) is 15.3. The van der Waals surface area contributed by atoms with E-state index in [1.54, 1.807) is 28.0 Å². The van der Waals surface area contributed by atoms with Crippen molar-refractivity contribution in [2.45, 2.75) is 19.8 Å². The lowest BCUT2D eigenvalue weighted by molar-refractivity contribution is -0.117. The first-order valence-corrected chi connectivity index (χ1v) is 9.76. The number of hydrogen-bond acceptors (Lipinski definition) is 6. The highest BCUT2D eigenvalue weighted by atomic mass is 16.5. The van der Waals surface area contributed by atoms with Crippen LogP contribution in [0.2, 0.25) is 0 Å². The molecule has 1 unspecified atom stereocenters. The molecule has 7 heteroatoms. The molecule has 3 rings (SSSR count). The molecule has 1 aliphatic rings. The minimum Gasteiger partial charge on any atom is -0.493 e. The van der Waals surface area contributed by atoms with Crippen LogP contribution in [-0.4, -0.2) is 79.9 Å². The van der Waals surface area contributed by atoms with Gasteiger partial charge in [-0.3, -0.25) is 14.6 Å². The highest BCUT2D eigenvalue weighted by molar-refractivity contribution is 5.93. The lowest BCUT2D eigenvalue weighted by atomic mass is 10.1. The van der Waals surface area contributed by atoms with Gasteiger partial charge in [-0.2, -0.15) is 0 Å². The third-order valence-corrected chi connectivity index (χ3v) is 4.78. The van der Waals surface area contributed by atoms with Gasteiger partial charge in [0, 0.05) is 46.6 Å². The van der Waals surface area contributed by atoms with Crippen LogP contribution in [0, 0.1) is 13.7 Å². The van der Waals surface area contributed by atoms with Crippen molar-refractivity contribution < 1.29 is 34.5 Å². The molecule has 7 nitrogen and oxygen atoms in total. The normalized spacial score (nSPS) is 22.5. The van der Waals surface area contributed by atoms with E-state index in [1.165, 1.54) is 13.2 Å². The SMILES string of the molecule is [2H]c1c([2H])c(C([2H])([2H])[2H])c(NC(=O)CN2CCN(CC(O)C([2H])([2H])Oc3ccccc3OC)CC2)c(C([2H])([2H])[2H])c1[2H]. The van der Waals surface area contributed by atoms with Gasteiger partial charge in [0.2, 0.25) is 5.91 Å². The smallest absolute Gasteiger partial charge is 0.238 e. The van der Waals surface area contributed by atoms with E-state index in [4.69, 9.17) is 24.6 Å². The molecule has 1 amide bonds. The largest absolute Gasteiger partial charge is 0.493 e. The molecule has 1 atom stereocenters. The quantitative estimate of drug-likeness (QED) is 0.626. The summed E-state index contributed by atoms with van der Waals surface area (Å²) in [4.78, 5) is 16.4. The number of aliphatic hydroxyl groups excluding tert-OH is 1. The van der Waals surface area contributed by atoms with Crippen molar-refractivity contribution in [2.24, 2.45) is 0 Å². The highest BCUT2D eigenvalue weighted by Crippen LogP contribution is 2.25. The molecule has 1 fully saturated rings. The molecule has 2 N–H and O–H groups in total. The second-order valence-corrected chi connectivity index (χ2v) is 7.01. The van der Waals surface area contributed by atoms with Gasteiger partial charge in [0.05, 0.1) is 20.5 Å². The van der Waals surface area contributed by atoms with E-state index < -0.39 is 67.2 Å². The van der Waals surface area contributed by atoms with Gasteiger partial charge < -0.3 is 19.9 Å². The number of aliphatic hydroxyl groups is 1. The Morgan fingerprint density at radius 1 is 1.19 bits per heavy atom. The number of carbonyl (C=O) groups is 1. The molecule has 0 aromatic heterocycles. The number of anilines is 1. The van der Waals surface area contributed by atoms with Crippen LogP contribution in [0.1, 0.15) is 26.2 Å². The Morgan fingerprint density at radius 2 is 1.84 bits per heavy atom. The van der Waals surface area contributed by atoms with E-state index in [0.29, 0.717) is 31.9 Å². The van der Waals surface area contributed by atoms with Crippen LogP contribution in [0.4, 0.5) is 5.69 Å². The first-order chi connectivity index (χ1) is 19.4. The lowest BCUT2D eigenvalue weighted by Gasteiger charge is -2.35.